The van der Waals surface area contributed by atoms with Crippen LogP contribution in [-0.2, 0) is 12.0 Å². The van der Waals surface area contributed by atoms with Gasteiger partial charge in [-0.05, 0) is 42.5 Å². The average Bonchev–Trinajstić information content (AvgIpc) is 3.07. The molecule has 0 spiro atoms. The molecular formula is C23H23ClN4O. The maximum absolute atomic E-state index is 12.8. The summed E-state index contributed by atoms with van der Waals surface area (Å²) in [4.78, 5) is 15.8. The number of anilines is 1. The Balaban J connectivity index is 1.79. The summed E-state index contributed by atoms with van der Waals surface area (Å²) in [6.45, 7) is 6.79. The highest BCUT2D eigenvalue weighted by Gasteiger charge is 2.24. The zero-order valence-corrected chi connectivity index (χ0v) is 17.4. The molecule has 0 bridgehead atoms. The molecule has 0 radical (unpaired) electrons. The van der Waals surface area contributed by atoms with Crippen molar-refractivity contribution >= 4 is 28.3 Å². The van der Waals surface area contributed by atoms with Crippen molar-refractivity contribution in [2.45, 2.75) is 32.7 Å². The summed E-state index contributed by atoms with van der Waals surface area (Å²) < 4.78 is 1.81. The fourth-order valence-electron chi connectivity index (χ4n) is 3.32. The Morgan fingerprint density at radius 1 is 1.07 bits per heavy atom. The summed E-state index contributed by atoms with van der Waals surface area (Å²) in [6.07, 6.45) is 0. The molecule has 2 heterocycles. The summed E-state index contributed by atoms with van der Waals surface area (Å²) in [6, 6.07) is 19.2. The van der Waals surface area contributed by atoms with Gasteiger partial charge in [-0.1, -0.05) is 50.6 Å². The SMILES string of the molecule is CC(C)(C)c1nn(-c2ccccc2)c2[nH]c(=O)c(CNc3ccc(Cl)cc3)cc12. The Morgan fingerprint density at radius 2 is 1.76 bits per heavy atom. The van der Waals surface area contributed by atoms with Crippen LogP contribution in [0, 0.1) is 0 Å². The van der Waals surface area contributed by atoms with Crippen molar-refractivity contribution in [3.63, 3.8) is 0 Å². The highest BCUT2D eigenvalue weighted by molar-refractivity contribution is 6.30. The van der Waals surface area contributed by atoms with Crippen molar-refractivity contribution in [3.8, 4) is 5.69 Å². The molecule has 0 aliphatic rings. The number of fused-ring (bicyclic) bond motifs is 1. The van der Waals surface area contributed by atoms with Crippen LogP contribution in [0.1, 0.15) is 32.0 Å². The number of H-pyrrole nitrogens is 1. The number of hydrogen-bond acceptors (Lipinski definition) is 3. The molecule has 0 saturated heterocycles. The lowest BCUT2D eigenvalue weighted by Gasteiger charge is -2.15. The molecule has 2 aromatic carbocycles. The first-order chi connectivity index (χ1) is 13.8. The van der Waals surface area contributed by atoms with Gasteiger partial charge in [0, 0.05) is 33.6 Å². The molecule has 0 fully saturated rings. The minimum absolute atomic E-state index is 0.128. The standard InChI is InChI=1S/C23H23ClN4O/c1-23(2,3)20-19-13-15(14-25-17-11-9-16(24)10-12-17)22(29)26-21(19)28(27-20)18-7-5-4-6-8-18/h4-13,25H,14H2,1-3H3,(H,26,29). The van der Waals surface area contributed by atoms with Gasteiger partial charge in [0.2, 0.25) is 0 Å². The third kappa shape index (κ3) is 3.91. The molecule has 0 unspecified atom stereocenters. The van der Waals surface area contributed by atoms with Crippen LogP contribution in [0.3, 0.4) is 0 Å². The van der Waals surface area contributed by atoms with Crippen molar-refractivity contribution in [3.05, 3.63) is 87.3 Å². The van der Waals surface area contributed by atoms with Crippen molar-refractivity contribution in [2.24, 2.45) is 0 Å². The number of pyridine rings is 1. The van der Waals surface area contributed by atoms with E-state index in [0.29, 0.717) is 22.8 Å². The second kappa shape index (κ2) is 7.41. The second-order valence-corrected chi connectivity index (χ2v) is 8.53. The summed E-state index contributed by atoms with van der Waals surface area (Å²) in [5.74, 6) is 0. The highest BCUT2D eigenvalue weighted by atomic mass is 35.5. The number of para-hydroxylation sites is 1. The maximum Gasteiger partial charge on any atom is 0.254 e. The molecule has 0 amide bonds. The molecule has 2 N–H and O–H groups in total. The van der Waals surface area contributed by atoms with Crippen molar-refractivity contribution < 1.29 is 0 Å². The minimum atomic E-state index is -0.169. The lowest BCUT2D eigenvalue weighted by atomic mass is 9.90. The van der Waals surface area contributed by atoms with Crippen molar-refractivity contribution in [1.29, 1.82) is 0 Å². The maximum atomic E-state index is 12.8. The van der Waals surface area contributed by atoms with Gasteiger partial charge in [0.05, 0.1) is 11.4 Å². The first kappa shape index (κ1) is 19.3. The number of aromatic amines is 1. The largest absolute Gasteiger partial charge is 0.381 e. The van der Waals surface area contributed by atoms with Crippen molar-refractivity contribution in [1.82, 2.24) is 14.8 Å². The van der Waals surface area contributed by atoms with Crippen LogP contribution < -0.4 is 10.9 Å². The van der Waals surface area contributed by atoms with E-state index in [1.54, 1.807) is 0 Å². The lowest BCUT2D eigenvalue weighted by Crippen LogP contribution is -2.17. The number of aromatic nitrogens is 3. The van der Waals surface area contributed by atoms with Gasteiger partial charge in [-0.3, -0.25) is 4.79 Å². The lowest BCUT2D eigenvalue weighted by molar-refractivity contribution is 0.565. The van der Waals surface area contributed by atoms with E-state index in [1.165, 1.54) is 0 Å². The fourth-order valence-corrected chi connectivity index (χ4v) is 3.45. The summed E-state index contributed by atoms with van der Waals surface area (Å²) in [5, 5.41) is 9.77. The van der Waals surface area contributed by atoms with E-state index >= 15 is 0 Å². The molecule has 6 heteroatoms. The Morgan fingerprint density at radius 3 is 2.41 bits per heavy atom. The van der Waals surface area contributed by atoms with E-state index in [2.05, 4.69) is 31.1 Å². The van der Waals surface area contributed by atoms with Gasteiger partial charge in [0.1, 0.15) is 5.65 Å². The van der Waals surface area contributed by atoms with E-state index in [0.717, 1.165) is 22.5 Å². The number of benzene rings is 2. The monoisotopic (exact) mass is 406 g/mol. The summed E-state index contributed by atoms with van der Waals surface area (Å²) >= 11 is 5.94. The number of rotatable bonds is 4. The van der Waals surface area contributed by atoms with E-state index in [-0.39, 0.29) is 11.0 Å². The fraction of sp³-hybridized carbons (Fsp3) is 0.217. The van der Waals surface area contributed by atoms with Gasteiger partial charge in [-0.15, -0.1) is 0 Å². The molecule has 5 nitrogen and oxygen atoms in total. The van der Waals surface area contributed by atoms with Crippen molar-refractivity contribution in [2.75, 3.05) is 5.32 Å². The molecule has 0 saturated carbocycles. The van der Waals surface area contributed by atoms with Gasteiger partial charge in [0.15, 0.2) is 0 Å². The smallest absolute Gasteiger partial charge is 0.254 e. The number of nitrogens with zero attached hydrogens (tertiary/aromatic N) is 2. The van der Waals surface area contributed by atoms with Gasteiger partial charge >= 0.3 is 0 Å². The second-order valence-electron chi connectivity index (χ2n) is 8.09. The normalized spacial score (nSPS) is 11.7. The van der Waals surface area contributed by atoms with Gasteiger partial charge < -0.3 is 10.3 Å². The highest BCUT2D eigenvalue weighted by Crippen LogP contribution is 2.30. The topological polar surface area (TPSA) is 62.7 Å². The Labute approximate surface area is 174 Å². The molecule has 0 aliphatic carbocycles. The molecule has 4 aromatic rings. The van der Waals surface area contributed by atoms with Crippen LogP contribution in [0.2, 0.25) is 5.02 Å². The molecule has 29 heavy (non-hydrogen) atoms. The Bertz CT molecular complexity index is 1200. The number of hydrogen-bond donors (Lipinski definition) is 2. The van der Waals surface area contributed by atoms with E-state index in [9.17, 15) is 4.79 Å². The van der Waals surface area contributed by atoms with Crippen LogP contribution in [0.15, 0.2) is 65.5 Å². The zero-order valence-electron chi connectivity index (χ0n) is 16.7. The third-order valence-corrected chi connectivity index (χ3v) is 5.05. The molecule has 148 valence electrons. The average molecular weight is 407 g/mol. The van der Waals surface area contributed by atoms with Crippen LogP contribution in [-0.4, -0.2) is 14.8 Å². The van der Waals surface area contributed by atoms with Crippen LogP contribution >= 0.6 is 11.6 Å². The van der Waals surface area contributed by atoms with E-state index in [1.807, 2.05) is 65.3 Å². The molecule has 2 aromatic heterocycles. The quantitative estimate of drug-likeness (QED) is 0.484. The number of nitrogens with one attached hydrogen (secondary N) is 2. The van der Waals surface area contributed by atoms with Gasteiger partial charge in [-0.25, -0.2) is 4.68 Å². The minimum Gasteiger partial charge on any atom is -0.381 e. The summed E-state index contributed by atoms with van der Waals surface area (Å²) in [7, 11) is 0. The Hall–Kier alpha value is -3.05. The predicted molar refractivity (Wildman–Crippen MR) is 119 cm³/mol. The summed E-state index contributed by atoms with van der Waals surface area (Å²) in [5.41, 5.74) is 3.83. The first-order valence-corrected chi connectivity index (χ1v) is 9.91. The first-order valence-electron chi connectivity index (χ1n) is 9.53. The molecule has 0 atom stereocenters. The molecular weight excluding hydrogens is 384 g/mol. The molecule has 4 rings (SSSR count). The Kier molecular flexibility index (Phi) is 4.92. The predicted octanol–water partition coefficient (Wildman–Crippen LogP) is 5.28. The van der Waals surface area contributed by atoms with E-state index < -0.39 is 0 Å². The van der Waals surface area contributed by atoms with Gasteiger partial charge in [0.25, 0.3) is 5.56 Å². The molecule has 0 aliphatic heterocycles. The van der Waals surface area contributed by atoms with E-state index in [4.69, 9.17) is 16.7 Å². The number of halogens is 1. The van der Waals surface area contributed by atoms with Crippen LogP contribution in [0.25, 0.3) is 16.7 Å². The van der Waals surface area contributed by atoms with Gasteiger partial charge in [-0.2, -0.15) is 5.10 Å². The van der Waals surface area contributed by atoms with Crippen LogP contribution in [0.5, 0.6) is 0 Å². The van der Waals surface area contributed by atoms with Crippen LogP contribution in [0.4, 0.5) is 5.69 Å². The zero-order chi connectivity index (χ0) is 20.6. The third-order valence-electron chi connectivity index (χ3n) is 4.80.